The summed E-state index contributed by atoms with van der Waals surface area (Å²) in [5, 5.41) is 0. The Morgan fingerprint density at radius 3 is 1.00 bits per heavy atom. The Morgan fingerprint density at radius 1 is 1.00 bits per heavy atom. The van der Waals surface area contributed by atoms with E-state index in [0.29, 0.717) is 0 Å². The van der Waals surface area contributed by atoms with Crippen molar-refractivity contribution >= 4 is 37.7 Å². The Balaban J connectivity index is 0. The van der Waals surface area contributed by atoms with E-state index in [1.807, 2.05) is 0 Å². The minimum Gasteiger partial charge on any atom is -0.344 e. The van der Waals surface area contributed by atoms with Crippen molar-refractivity contribution in [1.82, 2.24) is 6.15 Å². The Labute approximate surface area is 121 Å². The smallest absolute Gasteiger partial charge is 0.344 e. The predicted octanol–water partition coefficient (Wildman–Crippen LogP) is -6.21. The first kappa shape index (κ1) is 24.8. The van der Waals surface area contributed by atoms with Crippen LogP contribution < -0.4 is 87.1 Å². The molecule has 0 aromatic rings. The Hall–Kier alpha value is 3.86. The van der Waals surface area contributed by atoms with Gasteiger partial charge in [-0.1, -0.05) is 0 Å². The van der Waals surface area contributed by atoms with Crippen LogP contribution in [0.3, 0.4) is 0 Å². The third kappa shape index (κ3) is 9.29. The van der Waals surface area contributed by atoms with Crippen LogP contribution in [0.1, 0.15) is 0 Å². The third-order valence-electron chi connectivity index (χ3n) is 0. The molecule has 3 N–H and O–H groups in total. The second-order valence-electron chi connectivity index (χ2n) is 0. The minimum atomic E-state index is 0. The van der Waals surface area contributed by atoms with Crippen LogP contribution in [0.25, 0.3) is 0 Å². The van der Waals surface area contributed by atoms with E-state index >= 15 is 0 Å². The first-order valence-electron chi connectivity index (χ1n) is 0. The number of hydrogen-bond donors (Lipinski definition) is 1. The summed E-state index contributed by atoms with van der Waals surface area (Å²) in [5.74, 6) is 0. The van der Waals surface area contributed by atoms with Gasteiger partial charge in [-0.05, 0) is 0 Å². The van der Waals surface area contributed by atoms with E-state index in [2.05, 4.69) is 0 Å². The summed E-state index contributed by atoms with van der Waals surface area (Å²) >= 11 is 0. The van der Waals surface area contributed by atoms with Gasteiger partial charge in [-0.25, -0.2) is 0 Å². The van der Waals surface area contributed by atoms with Crippen molar-refractivity contribution in [2.75, 3.05) is 0 Å². The van der Waals surface area contributed by atoms with Crippen LogP contribution in [0.2, 0.25) is 0 Å². The van der Waals surface area contributed by atoms with Gasteiger partial charge in [-0.3, -0.25) is 0 Å². The van der Waals surface area contributed by atoms with Crippen LogP contribution in [0.4, 0.5) is 0 Å². The average molecular weight is 119 g/mol. The van der Waals surface area contributed by atoms with Gasteiger partial charge >= 0.3 is 119 Å². The van der Waals surface area contributed by atoms with Gasteiger partial charge in [0.1, 0.15) is 0 Å². The Bertz CT molecular complexity index is 8.00. The van der Waals surface area contributed by atoms with E-state index in [0.717, 1.165) is 0 Å². The summed E-state index contributed by atoms with van der Waals surface area (Å²) in [5.41, 5.74) is 0. The molecule has 0 atom stereocenters. The van der Waals surface area contributed by atoms with E-state index in [4.69, 9.17) is 0 Å². The van der Waals surface area contributed by atoms with Gasteiger partial charge in [0.15, 0.2) is 0 Å². The van der Waals surface area contributed by atoms with Gasteiger partial charge in [0.2, 0.25) is 0 Å². The van der Waals surface area contributed by atoms with E-state index in [1.54, 1.807) is 0 Å². The monoisotopic (exact) mass is 119 g/mol. The summed E-state index contributed by atoms with van der Waals surface area (Å²) in [6.45, 7) is 0. The predicted molar refractivity (Wildman–Crippen MR) is 10.8 cm³/mol. The molecule has 0 aliphatic carbocycles. The van der Waals surface area contributed by atoms with E-state index < -0.39 is 0 Å². The summed E-state index contributed by atoms with van der Waals surface area (Å²) in [6, 6.07) is 0. The fraction of sp³-hybridized carbons (Fsp3) is 0. The Morgan fingerprint density at radius 2 is 1.00 bits per heavy atom. The zero-order valence-corrected chi connectivity index (χ0v) is 10.7. The zero-order valence-electron chi connectivity index (χ0n) is 3.41. The normalized spacial score (nSPS) is 0. The quantitative estimate of drug-likeness (QED) is 0.316. The molecule has 0 aliphatic heterocycles. The molecule has 0 saturated carbocycles. The third-order valence-corrected chi connectivity index (χ3v) is 0. The number of hydrogen-bond acceptors (Lipinski definition) is 1. The fourth-order valence-corrected chi connectivity index (χ4v) is 0. The topological polar surface area (TPSA) is 35.0 Å². The summed E-state index contributed by atoms with van der Waals surface area (Å²) in [7, 11) is 0. The SMILES string of the molecule is N.[Ca+2].[K+].[Na+]. The van der Waals surface area contributed by atoms with E-state index in [9.17, 15) is 0 Å². The molecule has 0 aliphatic rings. The summed E-state index contributed by atoms with van der Waals surface area (Å²) < 4.78 is 0. The fourth-order valence-electron chi connectivity index (χ4n) is 0. The average Bonchev–Trinajstić information content (AvgIpc) is 0. The van der Waals surface area contributed by atoms with Crippen molar-refractivity contribution in [2.24, 2.45) is 0 Å². The Kier molecular flexibility index (Phi) is 98.2. The molecular weight excluding hydrogens is 116 g/mol. The molecule has 0 radical (unpaired) electrons. The van der Waals surface area contributed by atoms with Crippen LogP contribution >= 0.6 is 0 Å². The summed E-state index contributed by atoms with van der Waals surface area (Å²) in [4.78, 5) is 0. The molecular formula is H3CaKNNa+4. The van der Waals surface area contributed by atoms with Gasteiger partial charge in [0.25, 0.3) is 0 Å². The zero-order chi connectivity index (χ0) is 0. The van der Waals surface area contributed by atoms with Gasteiger partial charge in [0, 0.05) is 0 Å². The molecule has 0 saturated heterocycles. The molecule has 4 heavy (non-hydrogen) atoms. The molecule has 0 rings (SSSR count). The minimum absolute atomic E-state index is 0. The maximum atomic E-state index is 0. The van der Waals surface area contributed by atoms with Gasteiger partial charge < -0.3 is 6.15 Å². The molecule has 0 heterocycles. The van der Waals surface area contributed by atoms with Crippen molar-refractivity contribution in [3.8, 4) is 0 Å². The molecule has 0 amide bonds. The molecule has 0 unspecified atom stereocenters. The second-order valence-corrected chi connectivity index (χ2v) is 0. The van der Waals surface area contributed by atoms with Gasteiger partial charge in [0.05, 0.1) is 0 Å². The first-order chi connectivity index (χ1) is 0. The van der Waals surface area contributed by atoms with Crippen molar-refractivity contribution < 1.29 is 80.9 Å². The van der Waals surface area contributed by atoms with Crippen LogP contribution in [0, 0.1) is 0 Å². The van der Waals surface area contributed by atoms with Crippen molar-refractivity contribution in [2.45, 2.75) is 0 Å². The number of rotatable bonds is 0. The van der Waals surface area contributed by atoms with Crippen molar-refractivity contribution in [3.05, 3.63) is 0 Å². The standard InChI is InChI=1S/Ca.K.H3N.Na/h;;1H3;/q+2;+1;;+1. The molecule has 0 aromatic carbocycles. The molecule has 8 valence electrons. The molecule has 0 fully saturated rings. The van der Waals surface area contributed by atoms with Crippen LogP contribution in [0.5, 0.6) is 0 Å². The van der Waals surface area contributed by atoms with Gasteiger partial charge in [-0.15, -0.1) is 0 Å². The largest absolute Gasteiger partial charge is 2.00 e. The molecule has 0 spiro atoms. The van der Waals surface area contributed by atoms with Crippen molar-refractivity contribution in [1.29, 1.82) is 0 Å². The van der Waals surface area contributed by atoms with Crippen LogP contribution in [-0.4, -0.2) is 37.7 Å². The first-order valence-corrected chi connectivity index (χ1v) is 0. The van der Waals surface area contributed by atoms with Crippen LogP contribution in [0.15, 0.2) is 0 Å². The maximum Gasteiger partial charge on any atom is 2.00 e. The molecule has 0 aromatic heterocycles. The van der Waals surface area contributed by atoms with Crippen LogP contribution in [-0.2, 0) is 0 Å². The molecule has 4 heteroatoms. The summed E-state index contributed by atoms with van der Waals surface area (Å²) in [6.07, 6.45) is 0. The van der Waals surface area contributed by atoms with E-state index in [-0.39, 0.29) is 125 Å². The van der Waals surface area contributed by atoms with Gasteiger partial charge in [-0.2, -0.15) is 0 Å². The molecule has 0 bridgehead atoms. The van der Waals surface area contributed by atoms with E-state index in [1.165, 1.54) is 0 Å². The maximum absolute atomic E-state index is 0. The second kappa shape index (κ2) is 15.8. The molecule has 1 nitrogen and oxygen atoms in total. The van der Waals surface area contributed by atoms with Crippen molar-refractivity contribution in [3.63, 3.8) is 0 Å².